The van der Waals surface area contributed by atoms with E-state index < -0.39 is 5.97 Å². The maximum atomic E-state index is 11.9. The van der Waals surface area contributed by atoms with Gasteiger partial charge in [-0.3, -0.25) is 9.59 Å². The van der Waals surface area contributed by atoms with Gasteiger partial charge in [-0.2, -0.15) is 0 Å². The Hall–Kier alpha value is -2.04. The Morgan fingerprint density at radius 3 is 2.78 bits per heavy atom. The number of methoxy groups -OCH3 is 1. The zero-order valence-corrected chi connectivity index (χ0v) is 10.5. The topological polar surface area (TPSA) is 75.6 Å². The lowest BCUT2D eigenvalue weighted by Crippen LogP contribution is -2.32. The summed E-state index contributed by atoms with van der Waals surface area (Å²) in [4.78, 5) is 22.3. The van der Waals surface area contributed by atoms with Gasteiger partial charge in [-0.15, -0.1) is 0 Å². The van der Waals surface area contributed by atoms with Gasteiger partial charge in [0.25, 0.3) is 5.91 Å². The Bertz CT molecular complexity index is 431. The molecule has 0 saturated heterocycles. The second-order valence-corrected chi connectivity index (χ2v) is 4.04. The van der Waals surface area contributed by atoms with E-state index in [0.29, 0.717) is 17.7 Å². The molecule has 5 nitrogen and oxygen atoms in total. The van der Waals surface area contributed by atoms with E-state index in [-0.39, 0.29) is 18.4 Å². The van der Waals surface area contributed by atoms with Crippen molar-refractivity contribution in [3.05, 3.63) is 29.8 Å². The number of carboxylic acid groups (broad SMARTS) is 1. The third-order valence-electron chi connectivity index (χ3n) is 2.50. The van der Waals surface area contributed by atoms with Gasteiger partial charge in [0.15, 0.2) is 0 Å². The van der Waals surface area contributed by atoms with Crippen LogP contribution in [-0.2, 0) is 4.79 Å². The summed E-state index contributed by atoms with van der Waals surface area (Å²) in [5.41, 5.74) is 0.497. The maximum absolute atomic E-state index is 11.9. The molecule has 18 heavy (non-hydrogen) atoms. The molecule has 0 bridgehead atoms. The SMILES string of the molecule is COc1cccc(C(=O)NC(C)CCC(=O)O)c1. The zero-order valence-electron chi connectivity index (χ0n) is 10.5. The smallest absolute Gasteiger partial charge is 0.303 e. The lowest BCUT2D eigenvalue weighted by Gasteiger charge is -2.13. The number of hydrogen-bond acceptors (Lipinski definition) is 3. The van der Waals surface area contributed by atoms with Crippen LogP contribution in [0.3, 0.4) is 0 Å². The first kappa shape index (κ1) is 14.0. The minimum atomic E-state index is -0.863. The Balaban J connectivity index is 2.56. The van der Waals surface area contributed by atoms with E-state index in [1.165, 1.54) is 7.11 Å². The first-order chi connectivity index (χ1) is 8.52. The van der Waals surface area contributed by atoms with Crippen molar-refractivity contribution < 1.29 is 19.4 Å². The molecule has 0 aliphatic rings. The van der Waals surface area contributed by atoms with E-state index in [9.17, 15) is 9.59 Å². The number of carbonyl (C=O) groups excluding carboxylic acids is 1. The lowest BCUT2D eigenvalue weighted by molar-refractivity contribution is -0.137. The van der Waals surface area contributed by atoms with Crippen LogP contribution < -0.4 is 10.1 Å². The van der Waals surface area contributed by atoms with Crippen molar-refractivity contribution in [1.29, 1.82) is 0 Å². The van der Waals surface area contributed by atoms with Gasteiger partial charge in [0.2, 0.25) is 0 Å². The van der Waals surface area contributed by atoms with Crippen LogP contribution in [0.5, 0.6) is 5.75 Å². The van der Waals surface area contributed by atoms with Crippen LogP contribution in [-0.4, -0.2) is 30.1 Å². The molecule has 98 valence electrons. The number of carbonyl (C=O) groups is 2. The number of aliphatic carboxylic acids is 1. The number of hydrogen-bond donors (Lipinski definition) is 2. The van der Waals surface area contributed by atoms with Gasteiger partial charge < -0.3 is 15.2 Å². The third kappa shape index (κ3) is 4.45. The predicted octanol–water partition coefficient (Wildman–Crippen LogP) is 1.68. The summed E-state index contributed by atoms with van der Waals surface area (Å²) < 4.78 is 5.03. The summed E-state index contributed by atoms with van der Waals surface area (Å²) in [5, 5.41) is 11.3. The van der Waals surface area contributed by atoms with Gasteiger partial charge in [-0.1, -0.05) is 6.07 Å². The largest absolute Gasteiger partial charge is 0.497 e. The van der Waals surface area contributed by atoms with E-state index in [2.05, 4.69) is 5.32 Å². The fraction of sp³-hybridized carbons (Fsp3) is 0.385. The molecule has 1 atom stereocenters. The molecule has 0 fully saturated rings. The van der Waals surface area contributed by atoms with Gasteiger partial charge in [-0.25, -0.2) is 0 Å². The highest BCUT2D eigenvalue weighted by Crippen LogP contribution is 2.12. The molecule has 0 aliphatic heterocycles. The molecule has 1 rings (SSSR count). The molecule has 1 aromatic rings. The van der Waals surface area contributed by atoms with Crippen molar-refractivity contribution in [2.45, 2.75) is 25.8 Å². The molecule has 1 amide bonds. The Kier molecular flexibility index (Phi) is 5.17. The second-order valence-electron chi connectivity index (χ2n) is 4.04. The van der Waals surface area contributed by atoms with E-state index >= 15 is 0 Å². The fourth-order valence-corrected chi connectivity index (χ4v) is 1.48. The van der Waals surface area contributed by atoms with Gasteiger partial charge >= 0.3 is 5.97 Å². The minimum absolute atomic E-state index is 0.0412. The number of nitrogens with one attached hydrogen (secondary N) is 1. The first-order valence-electron chi connectivity index (χ1n) is 5.69. The van der Waals surface area contributed by atoms with E-state index in [1.807, 2.05) is 0 Å². The zero-order chi connectivity index (χ0) is 13.5. The van der Waals surface area contributed by atoms with Crippen LogP contribution >= 0.6 is 0 Å². The minimum Gasteiger partial charge on any atom is -0.497 e. The quantitative estimate of drug-likeness (QED) is 0.806. The number of ether oxygens (including phenoxy) is 1. The van der Waals surface area contributed by atoms with E-state index in [0.717, 1.165) is 0 Å². The highest BCUT2D eigenvalue weighted by atomic mass is 16.5. The standard InChI is InChI=1S/C13H17NO4/c1-9(6-7-12(15)16)14-13(17)10-4-3-5-11(8-10)18-2/h3-5,8-9H,6-7H2,1-2H3,(H,14,17)(H,15,16). The molecule has 5 heteroatoms. The maximum Gasteiger partial charge on any atom is 0.303 e. The normalized spacial score (nSPS) is 11.7. The van der Waals surface area contributed by atoms with Crippen LogP contribution in [0.2, 0.25) is 0 Å². The van der Waals surface area contributed by atoms with Crippen molar-refractivity contribution in [1.82, 2.24) is 5.32 Å². The highest BCUT2D eigenvalue weighted by molar-refractivity contribution is 5.94. The van der Waals surface area contributed by atoms with Crippen LogP contribution in [0.1, 0.15) is 30.1 Å². The van der Waals surface area contributed by atoms with Crippen molar-refractivity contribution in [3.8, 4) is 5.75 Å². The Labute approximate surface area is 106 Å². The Morgan fingerprint density at radius 2 is 2.17 bits per heavy atom. The molecule has 1 aromatic carbocycles. The van der Waals surface area contributed by atoms with Crippen molar-refractivity contribution in [3.63, 3.8) is 0 Å². The van der Waals surface area contributed by atoms with Crippen molar-refractivity contribution >= 4 is 11.9 Å². The van der Waals surface area contributed by atoms with Crippen LogP contribution in [0.15, 0.2) is 24.3 Å². The van der Waals surface area contributed by atoms with Crippen molar-refractivity contribution in [2.24, 2.45) is 0 Å². The molecule has 2 N–H and O–H groups in total. The lowest BCUT2D eigenvalue weighted by atomic mass is 10.1. The third-order valence-corrected chi connectivity index (χ3v) is 2.50. The number of amides is 1. The van der Waals surface area contributed by atoms with Gasteiger partial charge in [0.1, 0.15) is 5.75 Å². The average molecular weight is 251 g/mol. The van der Waals surface area contributed by atoms with Gasteiger partial charge in [0, 0.05) is 18.0 Å². The van der Waals surface area contributed by atoms with Crippen LogP contribution in [0, 0.1) is 0 Å². The number of benzene rings is 1. The van der Waals surface area contributed by atoms with E-state index in [1.54, 1.807) is 31.2 Å². The van der Waals surface area contributed by atoms with Crippen LogP contribution in [0.25, 0.3) is 0 Å². The first-order valence-corrected chi connectivity index (χ1v) is 5.69. The fourth-order valence-electron chi connectivity index (χ4n) is 1.48. The monoisotopic (exact) mass is 251 g/mol. The summed E-state index contributed by atoms with van der Waals surface area (Å²) in [6, 6.07) is 6.63. The highest BCUT2D eigenvalue weighted by Gasteiger charge is 2.11. The number of rotatable bonds is 6. The van der Waals surface area contributed by atoms with Gasteiger partial charge in [-0.05, 0) is 31.5 Å². The van der Waals surface area contributed by atoms with E-state index in [4.69, 9.17) is 9.84 Å². The van der Waals surface area contributed by atoms with Crippen molar-refractivity contribution in [2.75, 3.05) is 7.11 Å². The molecule has 1 unspecified atom stereocenters. The summed E-state index contributed by atoms with van der Waals surface area (Å²) in [6.07, 6.45) is 0.449. The molecular weight excluding hydrogens is 234 g/mol. The molecule has 0 aliphatic carbocycles. The molecular formula is C13H17NO4. The predicted molar refractivity (Wildman–Crippen MR) is 66.8 cm³/mol. The Morgan fingerprint density at radius 1 is 1.44 bits per heavy atom. The van der Waals surface area contributed by atoms with Gasteiger partial charge in [0.05, 0.1) is 7.11 Å². The molecule has 0 aromatic heterocycles. The average Bonchev–Trinajstić information content (AvgIpc) is 2.36. The second kappa shape index (κ2) is 6.64. The molecule has 0 radical (unpaired) electrons. The molecule has 0 spiro atoms. The van der Waals surface area contributed by atoms with Crippen LogP contribution in [0.4, 0.5) is 0 Å². The summed E-state index contributed by atoms with van der Waals surface area (Å²) in [5.74, 6) is -0.481. The summed E-state index contributed by atoms with van der Waals surface area (Å²) >= 11 is 0. The number of carboxylic acids is 1. The molecule has 0 saturated carbocycles. The summed E-state index contributed by atoms with van der Waals surface area (Å²) in [6.45, 7) is 1.78. The molecule has 0 heterocycles. The summed E-state index contributed by atoms with van der Waals surface area (Å²) in [7, 11) is 1.53.